The van der Waals surface area contributed by atoms with Gasteiger partial charge in [0.1, 0.15) is 5.75 Å². The molecule has 2 N–H and O–H groups in total. The number of carbonyl (C=O) groups excluding carboxylic acids is 3. The fraction of sp³-hybridized carbons (Fsp3) is 0.136. The highest BCUT2D eigenvalue weighted by Crippen LogP contribution is 2.25. The molecule has 3 aromatic carbocycles. The second-order valence-corrected chi connectivity index (χ2v) is 6.78. The fourth-order valence-corrected chi connectivity index (χ4v) is 3.31. The number of nitrogens with zero attached hydrogens (tertiary/aromatic N) is 1. The Bertz CT molecular complexity index is 1160. The number of amides is 4. The number of hydrogen-bond acceptors (Lipinski definition) is 4. The van der Waals surface area contributed by atoms with Gasteiger partial charge in [0.25, 0.3) is 11.8 Å². The summed E-state index contributed by atoms with van der Waals surface area (Å²) in [6, 6.07) is 16.0. The molecule has 0 unspecified atom stereocenters. The van der Waals surface area contributed by atoms with Crippen LogP contribution >= 0.6 is 0 Å². The molecular weight excluding hydrogens is 370 g/mol. The average molecular weight is 389 g/mol. The molecule has 0 atom stereocenters. The van der Waals surface area contributed by atoms with Crippen molar-refractivity contribution in [2.24, 2.45) is 0 Å². The summed E-state index contributed by atoms with van der Waals surface area (Å²) in [6.07, 6.45) is 0. The molecule has 0 aliphatic carbocycles. The Morgan fingerprint density at radius 2 is 1.66 bits per heavy atom. The van der Waals surface area contributed by atoms with Gasteiger partial charge in [-0.15, -0.1) is 0 Å². The first kappa shape index (κ1) is 18.5. The maximum absolute atomic E-state index is 12.2. The van der Waals surface area contributed by atoms with E-state index in [0.29, 0.717) is 23.4 Å². The van der Waals surface area contributed by atoms with Crippen molar-refractivity contribution in [2.45, 2.75) is 6.54 Å². The molecule has 4 rings (SSSR count). The van der Waals surface area contributed by atoms with Gasteiger partial charge in [-0.1, -0.05) is 18.2 Å². The highest BCUT2D eigenvalue weighted by molar-refractivity contribution is 6.21. The van der Waals surface area contributed by atoms with E-state index in [0.717, 1.165) is 27.0 Å². The van der Waals surface area contributed by atoms with Crippen molar-refractivity contribution in [3.05, 3.63) is 71.3 Å². The SMILES string of the molecule is COc1ccc2cc(CNC(=O)Nc3ccc4c(c3)C(=O)N(C)C4=O)ccc2c1. The lowest BCUT2D eigenvalue weighted by molar-refractivity contribution is 0.0693. The van der Waals surface area contributed by atoms with Gasteiger partial charge in [0.05, 0.1) is 18.2 Å². The summed E-state index contributed by atoms with van der Waals surface area (Å²) in [5, 5.41) is 7.60. The van der Waals surface area contributed by atoms with Gasteiger partial charge in [-0.25, -0.2) is 4.79 Å². The number of hydrogen-bond donors (Lipinski definition) is 2. The third kappa shape index (κ3) is 3.50. The Kier molecular flexibility index (Phi) is 4.64. The molecule has 29 heavy (non-hydrogen) atoms. The molecule has 0 radical (unpaired) electrons. The minimum absolute atomic E-state index is 0.292. The summed E-state index contributed by atoms with van der Waals surface area (Å²) in [7, 11) is 3.06. The Morgan fingerprint density at radius 3 is 2.45 bits per heavy atom. The fourth-order valence-electron chi connectivity index (χ4n) is 3.31. The van der Waals surface area contributed by atoms with E-state index >= 15 is 0 Å². The largest absolute Gasteiger partial charge is 0.497 e. The predicted octanol–water partition coefficient (Wildman–Crippen LogP) is 3.40. The van der Waals surface area contributed by atoms with E-state index < -0.39 is 6.03 Å². The zero-order chi connectivity index (χ0) is 20.5. The number of fused-ring (bicyclic) bond motifs is 2. The zero-order valence-corrected chi connectivity index (χ0v) is 16.0. The van der Waals surface area contributed by atoms with Crippen LogP contribution in [0.15, 0.2) is 54.6 Å². The zero-order valence-electron chi connectivity index (χ0n) is 16.0. The number of rotatable bonds is 4. The molecular formula is C22H19N3O4. The van der Waals surface area contributed by atoms with E-state index in [1.54, 1.807) is 19.2 Å². The van der Waals surface area contributed by atoms with Crippen molar-refractivity contribution in [3.8, 4) is 5.75 Å². The van der Waals surface area contributed by atoms with Crippen LogP contribution in [0.4, 0.5) is 10.5 Å². The Labute approximate surface area is 167 Å². The lowest BCUT2D eigenvalue weighted by Crippen LogP contribution is -2.28. The van der Waals surface area contributed by atoms with Gasteiger partial charge in [0.15, 0.2) is 0 Å². The maximum atomic E-state index is 12.2. The van der Waals surface area contributed by atoms with Crippen LogP contribution in [0.1, 0.15) is 26.3 Å². The molecule has 146 valence electrons. The lowest BCUT2D eigenvalue weighted by Gasteiger charge is -2.09. The molecule has 0 spiro atoms. The van der Waals surface area contributed by atoms with Crippen LogP contribution in [0.5, 0.6) is 5.75 Å². The number of carbonyl (C=O) groups is 3. The third-order valence-corrected chi connectivity index (χ3v) is 4.91. The van der Waals surface area contributed by atoms with Crippen molar-refractivity contribution >= 4 is 34.3 Å². The molecule has 3 aromatic rings. The van der Waals surface area contributed by atoms with E-state index in [1.165, 1.54) is 13.1 Å². The first-order chi connectivity index (χ1) is 14.0. The van der Waals surface area contributed by atoms with Gasteiger partial charge in [-0.2, -0.15) is 0 Å². The molecule has 0 aromatic heterocycles. The number of ether oxygens (including phenoxy) is 1. The number of imide groups is 1. The van der Waals surface area contributed by atoms with Crippen LogP contribution in [0.2, 0.25) is 0 Å². The van der Waals surface area contributed by atoms with Crippen molar-refractivity contribution in [2.75, 3.05) is 19.5 Å². The van der Waals surface area contributed by atoms with E-state index in [4.69, 9.17) is 4.74 Å². The van der Waals surface area contributed by atoms with Crippen LogP contribution in [0.25, 0.3) is 10.8 Å². The van der Waals surface area contributed by atoms with Crippen LogP contribution in [0.3, 0.4) is 0 Å². The number of nitrogens with one attached hydrogen (secondary N) is 2. The maximum Gasteiger partial charge on any atom is 0.319 e. The highest BCUT2D eigenvalue weighted by Gasteiger charge is 2.32. The van der Waals surface area contributed by atoms with Gasteiger partial charge in [0, 0.05) is 19.3 Å². The van der Waals surface area contributed by atoms with Crippen molar-refractivity contribution in [1.29, 1.82) is 0 Å². The number of benzene rings is 3. The van der Waals surface area contributed by atoms with Gasteiger partial charge >= 0.3 is 6.03 Å². The Morgan fingerprint density at radius 1 is 0.931 bits per heavy atom. The topological polar surface area (TPSA) is 87.7 Å². The standard InChI is InChI=1S/C22H19N3O4/c1-25-20(26)18-8-6-16(11-19(18)21(25)27)24-22(28)23-12-13-3-4-15-10-17(29-2)7-5-14(15)9-13/h3-11H,12H2,1-2H3,(H2,23,24,28). The van der Waals surface area contributed by atoms with Gasteiger partial charge in [0.2, 0.25) is 0 Å². The quantitative estimate of drug-likeness (QED) is 0.670. The first-order valence-electron chi connectivity index (χ1n) is 9.04. The summed E-state index contributed by atoms with van der Waals surface area (Å²) in [5.74, 6) is 0.0836. The second kappa shape index (κ2) is 7.27. The molecule has 1 heterocycles. The van der Waals surface area contributed by atoms with Crippen LogP contribution in [-0.4, -0.2) is 36.9 Å². The van der Waals surface area contributed by atoms with Gasteiger partial charge in [-0.05, 0) is 52.7 Å². The summed E-state index contributed by atoms with van der Waals surface area (Å²) in [4.78, 5) is 37.3. The van der Waals surface area contributed by atoms with Crippen molar-refractivity contribution in [1.82, 2.24) is 10.2 Å². The minimum Gasteiger partial charge on any atom is -0.497 e. The second-order valence-electron chi connectivity index (χ2n) is 6.78. The summed E-state index contributed by atoms with van der Waals surface area (Å²) < 4.78 is 5.23. The smallest absolute Gasteiger partial charge is 0.319 e. The molecule has 0 saturated heterocycles. The minimum atomic E-state index is -0.398. The monoisotopic (exact) mass is 389 g/mol. The van der Waals surface area contributed by atoms with E-state index in [1.807, 2.05) is 36.4 Å². The first-order valence-corrected chi connectivity index (χ1v) is 9.04. The molecule has 0 fully saturated rings. The summed E-state index contributed by atoms with van der Waals surface area (Å²) in [5.41, 5.74) is 2.04. The Hall–Kier alpha value is -3.87. The molecule has 7 nitrogen and oxygen atoms in total. The van der Waals surface area contributed by atoms with Crippen LogP contribution in [-0.2, 0) is 6.54 Å². The van der Waals surface area contributed by atoms with E-state index in [-0.39, 0.29) is 11.8 Å². The van der Waals surface area contributed by atoms with Crippen LogP contribution < -0.4 is 15.4 Å². The molecule has 0 saturated carbocycles. The van der Waals surface area contributed by atoms with Gasteiger partial charge in [-0.3, -0.25) is 14.5 Å². The van der Waals surface area contributed by atoms with Crippen molar-refractivity contribution in [3.63, 3.8) is 0 Å². The number of methoxy groups -OCH3 is 1. The highest BCUT2D eigenvalue weighted by atomic mass is 16.5. The number of anilines is 1. The molecule has 1 aliphatic rings. The number of urea groups is 1. The molecule has 1 aliphatic heterocycles. The Balaban J connectivity index is 1.41. The summed E-state index contributed by atoms with van der Waals surface area (Å²) in [6.45, 7) is 0.346. The van der Waals surface area contributed by atoms with Crippen LogP contribution in [0, 0.1) is 0 Å². The average Bonchev–Trinajstić information content (AvgIpc) is 2.95. The molecule has 7 heteroatoms. The normalized spacial score (nSPS) is 12.8. The van der Waals surface area contributed by atoms with E-state index in [2.05, 4.69) is 10.6 Å². The summed E-state index contributed by atoms with van der Waals surface area (Å²) >= 11 is 0. The molecule has 0 bridgehead atoms. The van der Waals surface area contributed by atoms with Gasteiger partial charge < -0.3 is 15.4 Å². The van der Waals surface area contributed by atoms with Crippen molar-refractivity contribution < 1.29 is 19.1 Å². The molecule has 4 amide bonds. The predicted molar refractivity (Wildman–Crippen MR) is 109 cm³/mol. The van der Waals surface area contributed by atoms with E-state index in [9.17, 15) is 14.4 Å². The third-order valence-electron chi connectivity index (χ3n) is 4.91. The lowest BCUT2D eigenvalue weighted by atomic mass is 10.1.